The van der Waals surface area contributed by atoms with Gasteiger partial charge in [-0.05, 0) is 43.3 Å². The van der Waals surface area contributed by atoms with Crippen LogP contribution in [0.4, 0.5) is 5.69 Å². The molecular formula is C22H25ClN4O. The molecule has 2 aliphatic heterocycles. The standard InChI is InChI=1S/C22H25ClN4O/c1-16-14-18(23)8-9-20(16)27-21(28)19(15-17-6-4-3-5-7-17)24-22(27)26-12-10-25(2)11-13-26/h3-9,14,19H,10-13,15H2,1-2H3. The topological polar surface area (TPSA) is 39.2 Å². The first-order valence-electron chi connectivity index (χ1n) is 9.68. The van der Waals surface area contributed by atoms with E-state index in [1.165, 1.54) is 0 Å². The van der Waals surface area contributed by atoms with Crippen molar-refractivity contribution < 1.29 is 4.79 Å². The summed E-state index contributed by atoms with van der Waals surface area (Å²) in [5, 5.41) is 0.673. The van der Waals surface area contributed by atoms with Gasteiger partial charge in [0, 0.05) is 37.6 Å². The van der Waals surface area contributed by atoms with Gasteiger partial charge >= 0.3 is 0 Å². The van der Waals surface area contributed by atoms with Crippen LogP contribution in [-0.4, -0.2) is 60.9 Å². The van der Waals surface area contributed by atoms with Crippen LogP contribution >= 0.6 is 11.6 Å². The third-order valence-corrected chi connectivity index (χ3v) is 5.67. The van der Waals surface area contributed by atoms with Gasteiger partial charge in [-0.25, -0.2) is 9.89 Å². The van der Waals surface area contributed by atoms with E-state index in [2.05, 4.69) is 29.0 Å². The fourth-order valence-electron chi connectivity index (χ4n) is 3.80. The zero-order chi connectivity index (χ0) is 19.7. The number of nitrogens with zero attached hydrogens (tertiary/aromatic N) is 4. The van der Waals surface area contributed by atoms with Gasteiger partial charge in [0.25, 0.3) is 5.91 Å². The second kappa shape index (κ2) is 7.94. The van der Waals surface area contributed by atoms with Crippen molar-refractivity contribution in [2.24, 2.45) is 4.99 Å². The van der Waals surface area contributed by atoms with Crippen molar-refractivity contribution in [3.63, 3.8) is 0 Å². The van der Waals surface area contributed by atoms with Crippen LogP contribution in [0, 0.1) is 6.92 Å². The summed E-state index contributed by atoms with van der Waals surface area (Å²) in [6.45, 7) is 5.64. The number of hydrogen-bond acceptors (Lipinski definition) is 4. The smallest absolute Gasteiger partial charge is 0.259 e. The summed E-state index contributed by atoms with van der Waals surface area (Å²) in [5.74, 6) is 0.799. The van der Waals surface area contributed by atoms with Gasteiger partial charge in [0.2, 0.25) is 5.96 Å². The third kappa shape index (κ3) is 3.77. The maximum atomic E-state index is 13.4. The van der Waals surface area contributed by atoms with Crippen LogP contribution in [0.15, 0.2) is 53.5 Å². The SMILES string of the molecule is Cc1cc(Cl)ccc1N1C(=O)C(Cc2ccccc2)N=C1N1CCN(C)CC1. The van der Waals surface area contributed by atoms with Gasteiger partial charge in [-0.15, -0.1) is 0 Å². The molecular weight excluding hydrogens is 372 g/mol. The average molecular weight is 397 g/mol. The first-order chi connectivity index (χ1) is 13.5. The minimum Gasteiger partial charge on any atom is -0.340 e. The highest BCUT2D eigenvalue weighted by Gasteiger charge is 2.39. The molecule has 1 amide bonds. The molecule has 28 heavy (non-hydrogen) atoms. The Morgan fingerprint density at radius 2 is 1.79 bits per heavy atom. The quantitative estimate of drug-likeness (QED) is 0.799. The lowest BCUT2D eigenvalue weighted by Crippen LogP contribution is -2.52. The molecule has 1 saturated heterocycles. The Balaban J connectivity index is 1.68. The first kappa shape index (κ1) is 19.0. The van der Waals surface area contributed by atoms with Crippen LogP contribution in [0.2, 0.25) is 5.02 Å². The summed E-state index contributed by atoms with van der Waals surface area (Å²) in [4.78, 5) is 24.6. The Labute approximate surface area is 171 Å². The normalized spacial score (nSPS) is 20.6. The van der Waals surface area contributed by atoms with E-state index < -0.39 is 6.04 Å². The Bertz CT molecular complexity index is 891. The van der Waals surface area contributed by atoms with Crippen LogP contribution in [0.5, 0.6) is 0 Å². The van der Waals surface area contributed by atoms with Gasteiger partial charge < -0.3 is 9.80 Å². The molecule has 1 unspecified atom stereocenters. The maximum Gasteiger partial charge on any atom is 0.259 e. The van der Waals surface area contributed by atoms with Gasteiger partial charge in [-0.3, -0.25) is 4.79 Å². The zero-order valence-electron chi connectivity index (χ0n) is 16.3. The predicted octanol–water partition coefficient (Wildman–Crippen LogP) is 3.21. The molecule has 1 fully saturated rings. The summed E-state index contributed by atoms with van der Waals surface area (Å²) >= 11 is 6.15. The number of guanidine groups is 1. The van der Waals surface area contributed by atoms with Gasteiger partial charge in [-0.1, -0.05) is 41.9 Å². The molecule has 0 saturated carbocycles. The number of likely N-dealkylation sites (N-methyl/N-ethyl adjacent to an activating group) is 1. The van der Waals surface area contributed by atoms with E-state index in [0.29, 0.717) is 11.4 Å². The van der Waals surface area contributed by atoms with Gasteiger partial charge in [-0.2, -0.15) is 0 Å². The predicted molar refractivity (Wildman–Crippen MR) is 114 cm³/mol. The Morgan fingerprint density at radius 3 is 2.46 bits per heavy atom. The van der Waals surface area contributed by atoms with E-state index in [9.17, 15) is 4.79 Å². The molecule has 1 atom stereocenters. The number of rotatable bonds is 3. The van der Waals surface area contributed by atoms with Crippen LogP contribution in [0.1, 0.15) is 11.1 Å². The van der Waals surface area contributed by atoms with E-state index in [0.717, 1.165) is 49.0 Å². The van der Waals surface area contributed by atoms with Crippen molar-refractivity contribution in [3.05, 3.63) is 64.7 Å². The summed E-state index contributed by atoms with van der Waals surface area (Å²) < 4.78 is 0. The second-order valence-corrected chi connectivity index (χ2v) is 7.97. The summed E-state index contributed by atoms with van der Waals surface area (Å²) in [5.41, 5.74) is 2.96. The van der Waals surface area contributed by atoms with Crippen molar-refractivity contribution >= 4 is 29.2 Å². The van der Waals surface area contributed by atoms with Crippen molar-refractivity contribution in [3.8, 4) is 0 Å². The lowest BCUT2D eigenvalue weighted by atomic mass is 10.1. The Hall–Kier alpha value is -2.37. The summed E-state index contributed by atoms with van der Waals surface area (Å²) in [6, 6.07) is 15.4. The lowest BCUT2D eigenvalue weighted by molar-refractivity contribution is -0.118. The fourth-order valence-corrected chi connectivity index (χ4v) is 4.02. The van der Waals surface area contributed by atoms with E-state index >= 15 is 0 Å². The molecule has 0 N–H and O–H groups in total. The number of benzene rings is 2. The second-order valence-electron chi connectivity index (χ2n) is 7.53. The van der Waals surface area contributed by atoms with Gasteiger partial charge in [0.1, 0.15) is 6.04 Å². The monoisotopic (exact) mass is 396 g/mol. The minimum absolute atomic E-state index is 0.0307. The number of amides is 1. The van der Waals surface area contributed by atoms with Crippen LogP contribution in [0.25, 0.3) is 0 Å². The molecule has 0 radical (unpaired) electrons. The van der Waals surface area contributed by atoms with E-state index in [1.54, 1.807) is 4.90 Å². The number of anilines is 1. The molecule has 2 aromatic rings. The number of carbonyl (C=O) groups excluding carboxylic acids is 1. The molecule has 0 aliphatic carbocycles. The molecule has 0 spiro atoms. The molecule has 2 aliphatic rings. The number of piperazine rings is 1. The van der Waals surface area contributed by atoms with E-state index in [1.807, 2.05) is 43.3 Å². The molecule has 0 bridgehead atoms. The summed E-state index contributed by atoms with van der Waals surface area (Å²) in [7, 11) is 2.12. The van der Waals surface area contributed by atoms with Crippen LogP contribution in [0.3, 0.4) is 0 Å². The molecule has 2 aromatic carbocycles. The Morgan fingerprint density at radius 1 is 1.07 bits per heavy atom. The van der Waals surface area contributed by atoms with Gasteiger partial charge in [0.05, 0.1) is 5.69 Å². The zero-order valence-corrected chi connectivity index (χ0v) is 17.1. The largest absolute Gasteiger partial charge is 0.340 e. The number of halogens is 1. The molecule has 2 heterocycles. The third-order valence-electron chi connectivity index (χ3n) is 5.43. The number of carbonyl (C=O) groups is 1. The maximum absolute atomic E-state index is 13.4. The first-order valence-corrected chi connectivity index (χ1v) is 10.1. The number of hydrogen-bond donors (Lipinski definition) is 0. The number of aryl methyl sites for hydroxylation is 1. The molecule has 146 valence electrons. The highest BCUT2D eigenvalue weighted by molar-refractivity contribution is 6.31. The fraction of sp³-hybridized carbons (Fsp3) is 0.364. The lowest BCUT2D eigenvalue weighted by Gasteiger charge is -2.36. The molecule has 5 nitrogen and oxygen atoms in total. The van der Waals surface area contributed by atoms with Crippen molar-refractivity contribution in [1.29, 1.82) is 0 Å². The molecule has 6 heteroatoms. The van der Waals surface area contributed by atoms with Crippen LogP contribution < -0.4 is 4.90 Å². The van der Waals surface area contributed by atoms with E-state index in [-0.39, 0.29) is 5.91 Å². The number of aliphatic imine (C=N–C) groups is 1. The molecule has 0 aromatic heterocycles. The minimum atomic E-state index is -0.396. The highest BCUT2D eigenvalue weighted by atomic mass is 35.5. The summed E-state index contributed by atoms with van der Waals surface area (Å²) in [6.07, 6.45) is 0.611. The van der Waals surface area contributed by atoms with Crippen LogP contribution in [-0.2, 0) is 11.2 Å². The van der Waals surface area contributed by atoms with Crippen molar-refractivity contribution in [1.82, 2.24) is 9.80 Å². The van der Waals surface area contributed by atoms with Gasteiger partial charge in [0.15, 0.2) is 0 Å². The van der Waals surface area contributed by atoms with Crippen molar-refractivity contribution in [2.75, 3.05) is 38.1 Å². The molecule has 4 rings (SSSR count). The van der Waals surface area contributed by atoms with E-state index in [4.69, 9.17) is 16.6 Å². The Kier molecular flexibility index (Phi) is 5.38. The highest BCUT2D eigenvalue weighted by Crippen LogP contribution is 2.30. The van der Waals surface area contributed by atoms with Crippen molar-refractivity contribution in [2.45, 2.75) is 19.4 Å². The average Bonchev–Trinajstić information content (AvgIpc) is 3.00.